The third kappa shape index (κ3) is 3.68. The predicted molar refractivity (Wildman–Crippen MR) is 55.7 cm³/mol. The van der Waals surface area contributed by atoms with Crippen LogP contribution in [0.5, 0.6) is 0 Å². The molecule has 0 aliphatic heterocycles. The average Bonchev–Trinajstić information content (AvgIpc) is 2.12. The maximum absolute atomic E-state index is 10.9. The first-order valence-corrected chi connectivity index (χ1v) is 7.34. The van der Waals surface area contributed by atoms with Crippen LogP contribution in [0.15, 0.2) is 24.5 Å². The van der Waals surface area contributed by atoms with Gasteiger partial charge in [0.1, 0.15) is 0 Å². The van der Waals surface area contributed by atoms with Crippen molar-refractivity contribution in [2.75, 3.05) is 5.32 Å². The first-order valence-electron chi connectivity index (χ1n) is 3.98. The summed E-state index contributed by atoms with van der Waals surface area (Å²) in [6, 6.07) is 2.66. The smallest absolute Gasteiger partial charge is 0.360 e. The number of pyridine rings is 1. The average molecular weight is 268 g/mol. The van der Waals surface area contributed by atoms with Gasteiger partial charge in [0, 0.05) is 18.1 Å². The van der Waals surface area contributed by atoms with Crippen LogP contribution in [0.2, 0.25) is 0 Å². The predicted octanol–water partition coefficient (Wildman–Crippen LogP) is 0.132. The highest BCUT2D eigenvalue weighted by Gasteiger charge is 2.43. The Kier molecular flexibility index (Phi) is 3.85. The van der Waals surface area contributed by atoms with Crippen LogP contribution in [0, 0.1) is 0 Å². The van der Waals surface area contributed by atoms with E-state index in [0.29, 0.717) is 0 Å². The SMILES string of the molecule is O=P(O)(O)C(Nc1ccncc1)P(=O)(O)O. The molecule has 0 aliphatic carbocycles. The van der Waals surface area contributed by atoms with Crippen molar-refractivity contribution in [1.29, 1.82) is 0 Å². The van der Waals surface area contributed by atoms with E-state index in [1.807, 2.05) is 0 Å². The molecule has 8 nitrogen and oxygen atoms in total. The van der Waals surface area contributed by atoms with Crippen LogP contribution < -0.4 is 5.32 Å². The minimum absolute atomic E-state index is 0.159. The zero-order valence-electron chi connectivity index (χ0n) is 7.83. The van der Waals surface area contributed by atoms with Crippen LogP contribution >= 0.6 is 15.2 Å². The molecule has 0 saturated carbocycles. The van der Waals surface area contributed by atoms with Crippen molar-refractivity contribution < 1.29 is 28.7 Å². The van der Waals surface area contributed by atoms with Crippen molar-refractivity contribution in [3.63, 3.8) is 0 Å². The van der Waals surface area contributed by atoms with Gasteiger partial charge in [-0.15, -0.1) is 0 Å². The highest BCUT2D eigenvalue weighted by Crippen LogP contribution is 2.59. The van der Waals surface area contributed by atoms with Crippen LogP contribution in [0.3, 0.4) is 0 Å². The molecule has 0 saturated heterocycles. The van der Waals surface area contributed by atoms with Crippen LogP contribution in [-0.2, 0) is 9.13 Å². The summed E-state index contributed by atoms with van der Waals surface area (Å²) < 4.78 is 21.8. The summed E-state index contributed by atoms with van der Waals surface area (Å²) in [6.07, 6.45) is 2.64. The highest BCUT2D eigenvalue weighted by molar-refractivity contribution is 7.71. The summed E-state index contributed by atoms with van der Waals surface area (Å²) in [4.78, 5) is 38.9. The Morgan fingerprint density at radius 2 is 1.50 bits per heavy atom. The standard InChI is InChI=1S/C6H10N2O6P2/c9-15(10,11)6(16(12,13)14)8-5-1-3-7-4-2-5/h1-4,6H,(H,7,8)(H2,9,10,11)(H2,12,13,14). The topological polar surface area (TPSA) is 140 Å². The maximum atomic E-state index is 10.9. The molecule has 90 valence electrons. The van der Waals surface area contributed by atoms with E-state index in [0.717, 1.165) is 0 Å². The molecule has 1 heterocycles. The minimum Gasteiger partial charge on any atom is -0.362 e. The van der Waals surface area contributed by atoms with Gasteiger partial charge in [0.25, 0.3) is 0 Å². The van der Waals surface area contributed by atoms with Crippen molar-refractivity contribution in [2.45, 2.75) is 5.52 Å². The van der Waals surface area contributed by atoms with Crippen molar-refractivity contribution in [1.82, 2.24) is 4.98 Å². The van der Waals surface area contributed by atoms with Gasteiger partial charge in [0.05, 0.1) is 0 Å². The summed E-state index contributed by atoms with van der Waals surface area (Å²) in [6.45, 7) is 0. The van der Waals surface area contributed by atoms with Crippen molar-refractivity contribution >= 4 is 20.9 Å². The first-order chi connectivity index (χ1) is 7.21. The van der Waals surface area contributed by atoms with Crippen LogP contribution in [0.4, 0.5) is 5.69 Å². The van der Waals surface area contributed by atoms with Gasteiger partial charge in [-0.2, -0.15) is 0 Å². The zero-order valence-corrected chi connectivity index (χ0v) is 9.62. The number of nitrogens with one attached hydrogen (secondary N) is 1. The van der Waals surface area contributed by atoms with Crippen molar-refractivity contribution in [3.8, 4) is 0 Å². The largest absolute Gasteiger partial charge is 0.362 e. The summed E-state index contributed by atoms with van der Waals surface area (Å²) >= 11 is 0. The lowest BCUT2D eigenvalue weighted by atomic mass is 10.4. The molecule has 10 heteroatoms. The number of hydrogen-bond acceptors (Lipinski definition) is 4. The molecular formula is C6H10N2O6P2. The third-order valence-corrected chi connectivity index (χ3v) is 4.95. The Hall–Kier alpha value is -0.750. The Balaban J connectivity index is 2.99. The van der Waals surface area contributed by atoms with Crippen molar-refractivity contribution in [2.24, 2.45) is 0 Å². The Bertz CT molecular complexity index is 418. The Morgan fingerprint density at radius 3 is 1.88 bits per heavy atom. The van der Waals surface area contributed by atoms with Crippen LogP contribution in [-0.4, -0.2) is 30.1 Å². The molecule has 0 bridgehead atoms. The van der Waals surface area contributed by atoms with E-state index < -0.39 is 20.7 Å². The fraction of sp³-hybridized carbons (Fsp3) is 0.167. The Morgan fingerprint density at radius 1 is 1.06 bits per heavy atom. The highest BCUT2D eigenvalue weighted by atomic mass is 31.2. The summed E-state index contributed by atoms with van der Waals surface area (Å²) in [5.74, 6) is 0. The summed E-state index contributed by atoms with van der Waals surface area (Å²) in [5, 5.41) is 2.09. The quantitative estimate of drug-likeness (QED) is 0.485. The lowest BCUT2D eigenvalue weighted by Crippen LogP contribution is -2.19. The molecule has 0 amide bonds. The molecule has 0 atom stereocenters. The van der Waals surface area contributed by atoms with E-state index in [-0.39, 0.29) is 5.69 Å². The number of hydrogen-bond donors (Lipinski definition) is 5. The second kappa shape index (κ2) is 4.63. The van der Waals surface area contributed by atoms with Gasteiger partial charge >= 0.3 is 15.2 Å². The van der Waals surface area contributed by atoms with Gasteiger partial charge < -0.3 is 24.9 Å². The maximum Gasteiger partial charge on any atom is 0.360 e. The third-order valence-electron chi connectivity index (χ3n) is 1.61. The molecule has 5 N–H and O–H groups in total. The van der Waals surface area contributed by atoms with Crippen LogP contribution in [0.1, 0.15) is 0 Å². The van der Waals surface area contributed by atoms with Gasteiger partial charge in [-0.05, 0) is 12.1 Å². The molecule has 0 spiro atoms. The molecule has 1 aromatic heterocycles. The van der Waals surface area contributed by atoms with Gasteiger partial charge in [-0.3, -0.25) is 14.1 Å². The van der Waals surface area contributed by atoms with Gasteiger partial charge in [-0.1, -0.05) is 0 Å². The lowest BCUT2D eigenvalue weighted by molar-refractivity contribution is 0.343. The van der Waals surface area contributed by atoms with E-state index in [2.05, 4.69) is 10.3 Å². The summed E-state index contributed by atoms with van der Waals surface area (Å²) in [5.41, 5.74) is -2.09. The van der Waals surface area contributed by atoms with Crippen molar-refractivity contribution in [3.05, 3.63) is 24.5 Å². The fourth-order valence-electron chi connectivity index (χ4n) is 0.961. The number of rotatable bonds is 4. The second-order valence-electron chi connectivity index (χ2n) is 2.93. The zero-order chi connectivity index (χ0) is 12.4. The second-order valence-corrected chi connectivity index (χ2v) is 6.73. The molecule has 0 aliphatic rings. The lowest BCUT2D eigenvalue weighted by Gasteiger charge is -2.21. The molecule has 0 aromatic carbocycles. The molecule has 16 heavy (non-hydrogen) atoms. The van der Waals surface area contributed by atoms with E-state index in [4.69, 9.17) is 19.6 Å². The molecule has 0 fully saturated rings. The number of anilines is 1. The normalized spacial score (nSPS) is 12.8. The molecule has 1 aromatic rings. The van der Waals surface area contributed by atoms with E-state index >= 15 is 0 Å². The molecule has 0 unspecified atom stereocenters. The van der Waals surface area contributed by atoms with Gasteiger partial charge in [0.15, 0.2) is 0 Å². The fourth-order valence-corrected chi connectivity index (χ4v) is 3.16. The van der Waals surface area contributed by atoms with E-state index in [1.165, 1.54) is 24.5 Å². The first kappa shape index (κ1) is 13.3. The monoisotopic (exact) mass is 268 g/mol. The molecule has 0 radical (unpaired) electrons. The number of aromatic nitrogens is 1. The minimum atomic E-state index is -4.96. The number of nitrogens with zero attached hydrogens (tertiary/aromatic N) is 1. The Labute approximate surface area is 90.7 Å². The molecular weight excluding hydrogens is 258 g/mol. The van der Waals surface area contributed by atoms with Gasteiger partial charge in [0.2, 0.25) is 5.52 Å². The van der Waals surface area contributed by atoms with Crippen LogP contribution in [0.25, 0.3) is 0 Å². The van der Waals surface area contributed by atoms with E-state index in [9.17, 15) is 9.13 Å². The summed E-state index contributed by atoms with van der Waals surface area (Å²) in [7, 11) is -9.91. The van der Waals surface area contributed by atoms with E-state index in [1.54, 1.807) is 0 Å². The molecule has 1 rings (SSSR count). The van der Waals surface area contributed by atoms with Gasteiger partial charge in [-0.25, -0.2) is 0 Å².